The second kappa shape index (κ2) is 7.79. The molecule has 0 unspecified atom stereocenters. The first-order valence-corrected chi connectivity index (χ1v) is 6.05. The van der Waals surface area contributed by atoms with Gasteiger partial charge >= 0.3 is 0 Å². The molecule has 0 atom stereocenters. The second-order valence-electron chi connectivity index (χ2n) is 4.48. The van der Waals surface area contributed by atoms with Gasteiger partial charge in [-0.05, 0) is 36.6 Å². The van der Waals surface area contributed by atoms with Crippen molar-refractivity contribution >= 4 is 5.91 Å². The van der Waals surface area contributed by atoms with Crippen molar-refractivity contribution in [1.82, 2.24) is 15.6 Å². The first-order valence-electron chi connectivity index (χ1n) is 6.05. The van der Waals surface area contributed by atoms with Crippen molar-refractivity contribution in [3.8, 4) is 0 Å². The van der Waals surface area contributed by atoms with E-state index in [2.05, 4.69) is 29.5 Å². The predicted octanol–water partition coefficient (Wildman–Crippen LogP) is 0.986. The van der Waals surface area contributed by atoms with Gasteiger partial charge in [0.1, 0.15) is 0 Å². The number of nitrogens with zero attached hydrogens (tertiary/aromatic N) is 1. The third-order valence-corrected chi connectivity index (χ3v) is 2.33. The maximum Gasteiger partial charge on any atom is 0.233 e. The molecule has 17 heavy (non-hydrogen) atoms. The molecule has 1 aromatic rings. The molecule has 0 aliphatic heterocycles. The van der Waals surface area contributed by atoms with Gasteiger partial charge in [0.05, 0.1) is 6.54 Å². The third-order valence-electron chi connectivity index (χ3n) is 2.33. The van der Waals surface area contributed by atoms with Crippen LogP contribution in [-0.4, -0.2) is 30.5 Å². The van der Waals surface area contributed by atoms with Crippen LogP contribution < -0.4 is 10.6 Å². The van der Waals surface area contributed by atoms with Crippen molar-refractivity contribution in [2.45, 2.75) is 20.3 Å². The normalized spacial score (nSPS) is 10.5. The van der Waals surface area contributed by atoms with Crippen LogP contribution in [0, 0.1) is 5.92 Å². The molecule has 0 saturated heterocycles. The molecule has 0 bridgehead atoms. The lowest BCUT2D eigenvalue weighted by molar-refractivity contribution is -0.120. The van der Waals surface area contributed by atoms with Crippen LogP contribution in [0.4, 0.5) is 0 Å². The van der Waals surface area contributed by atoms with Crippen LogP contribution in [0.1, 0.15) is 19.4 Å². The minimum atomic E-state index is 0.0634. The zero-order valence-corrected chi connectivity index (χ0v) is 10.6. The summed E-state index contributed by atoms with van der Waals surface area (Å²) in [5.74, 6) is 0.559. The molecule has 4 nitrogen and oxygen atoms in total. The van der Waals surface area contributed by atoms with Crippen LogP contribution in [0.2, 0.25) is 0 Å². The number of amides is 1. The standard InChI is InChI=1S/C13H21N3O/c1-11(2)9-16-13(17)10-15-8-5-12-3-6-14-7-4-12/h3-4,6-7,11,15H,5,8-10H2,1-2H3,(H,16,17). The summed E-state index contributed by atoms with van der Waals surface area (Å²) in [7, 11) is 0. The van der Waals surface area contributed by atoms with E-state index in [9.17, 15) is 4.79 Å². The highest BCUT2D eigenvalue weighted by Gasteiger charge is 2.01. The van der Waals surface area contributed by atoms with Crippen LogP contribution in [0.5, 0.6) is 0 Å². The Bertz CT molecular complexity index is 325. The molecule has 0 fully saturated rings. The summed E-state index contributed by atoms with van der Waals surface area (Å²) < 4.78 is 0. The summed E-state index contributed by atoms with van der Waals surface area (Å²) in [5.41, 5.74) is 1.23. The van der Waals surface area contributed by atoms with E-state index in [0.717, 1.165) is 19.5 Å². The molecule has 1 aromatic heterocycles. The molecule has 0 aliphatic carbocycles. The SMILES string of the molecule is CC(C)CNC(=O)CNCCc1ccncc1. The number of hydrogen-bond acceptors (Lipinski definition) is 3. The number of carbonyl (C=O) groups excluding carboxylic acids is 1. The zero-order chi connectivity index (χ0) is 12.5. The fourth-order valence-corrected chi connectivity index (χ4v) is 1.36. The van der Waals surface area contributed by atoms with Gasteiger partial charge in [0.15, 0.2) is 0 Å². The summed E-state index contributed by atoms with van der Waals surface area (Å²) in [5, 5.41) is 5.99. The smallest absolute Gasteiger partial charge is 0.233 e. The van der Waals surface area contributed by atoms with Crippen molar-refractivity contribution in [2.24, 2.45) is 5.92 Å². The Balaban J connectivity index is 2.06. The molecule has 1 rings (SSSR count). The van der Waals surface area contributed by atoms with Crippen molar-refractivity contribution in [2.75, 3.05) is 19.6 Å². The van der Waals surface area contributed by atoms with Gasteiger partial charge < -0.3 is 10.6 Å². The van der Waals surface area contributed by atoms with Gasteiger partial charge in [-0.2, -0.15) is 0 Å². The minimum absolute atomic E-state index is 0.0634. The lowest BCUT2D eigenvalue weighted by Crippen LogP contribution is -2.36. The molecular formula is C13H21N3O. The fraction of sp³-hybridized carbons (Fsp3) is 0.538. The van der Waals surface area contributed by atoms with Crippen molar-refractivity contribution in [3.05, 3.63) is 30.1 Å². The number of rotatable bonds is 7. The summed E-state index contributed by atoms with van der Waals surface area (Å²) in [4.78, 5) is 15.3. The molecule has 1 amide bonds. The van der Waals surface area contributed by atoms with Gasteiger partial charge in [0.25, 0.3) is 0 Å². The molecule has 0 radical (unpaired) electrons. The molecule has 1 heterocycles. The maximum atomic E-state index is 11.4. The topological polar surface area (TPSA) is 54.0 Å². The van der Waals surface area contributed by atoms with Crippen LogP contribution >= 0.6 is 0 Å². The Morgan fingerprint density at radius 2 is 2.06 bits per heavy atom. The minimum Gasteiger partial charge on any atom is -0.355 e. The van der Waals surface area contributed by atoms with Gasteiger partial charge in [-0.25, -0.2) is 0 Å². The zero-order valence-electron chi connectivity index (χ0n) is 10.6. The van der Waals surface area contributed by atoms with Gasteiger partial charge in [0, 0.05) is 18.9 Å². The van der Waals surface area contributed by atoms with E-state index in [1.54, 1.807) is 12.4 Å². The van der Waals surface area contributed by atoms with E-state index >= 15 is 0 Å². The molecule has 0 aliphatic rings. The largest absolute Gasteiger partial charge is 0.355 e. The third kappa shape index (κ3) is 6.68. The van der Waals surface area contributed by atoms with E-state index in [1.807, 2.05) is 12.1 Å². The molecule has 4 heteroatoms. The number of aromatic nitrogens is 1. The Morgan fingerprint density at radius 1 is 1.35 bits per heavy atom. The monoisotopic (exact) mass is 235 g/mol. The highest BCUT2D eigenvalue weighted by Crippen LogP contribution is 1.95. The van der Waals surface area contributed by atoms with E-state index in [0.29, 0.717) is 12.5 Å². The molecule has 0 saturated carbocycles. The Morgan fingerprint density at radius 3 is 2.71 bits per heavy atom. The van der Waals surface area contributed by atoms with Crippen LogP contribution in [0.15, 0.2) is 24.5 Å². The number of carbonyl (C=O) groups is 1. The molecule has 2 N–H and O–H groups in total. The Labute approximate surface area is 103 Å². The summed E-state index contributed by atoms with van der Waals surface area (Å²) >= 11 is 0. The Kier molecular flexibility index (Phi) is 6.25. The number of nitrogens with one attached hydrogen (secondary N) is 2. The average Bonchev–Trinajstić information content (AvgIpc) is 2.33. The number of pyridine rings is 1. The average molecular weight is 235 g/mol. The van der Waals surface area contributed by atoms with E-state index in [1.165, 1.54) is 5.56 Å². The van der Waals surface area contributed by atoms with Crippen LogP contribution in [-0.2, 0) is 11.2 Å². The second-order valence-corrected chi connectivity index (χ2v) is 4.48. The van der Waals surface area contributed by atoms with Gasteiger partial charge in [0.2, 0.25) is 5.91 Å². The van der Waals surface area contributed by atoms with Crippen LogP contribution in [0.25, 0.3) is 0 Å². The van der Waals surface area contributed by atoms with Gasteiger partial charge in [-0.1, -0.05) is 13.8 Å². The Hall–Kier alpha value is -1.42. The summed E-state index contributed by atoms with van der Waals surface area (Å²) in [6.45, 7) is 6.09. The number of hydrogen-bond donors (Lipinski definition) is 2. The van der Waals surface area contributed by atoms with Crippen molar-refractivity contribution < 1.29 is 4.79 Å². The molecule has 94 valence electrons. The maximum absolute atomic E-state index is 11.4. The van der Waals surface area contributed by atoms with E-state index in [4.69, 9.17) is 0 Å². The summed E-state index contributed by atoms with van der Waals surface area (Å²) in [6.07, 6.45) is 4.48. The first kappa shape index (κ1) is 13.6. The lowest BCUT2D eigenvalue weighted by Gasteiger charge is -2.08. The molecular weight excluding hydrogens is 214 g/mol. The van der Waals surface area contributed by atoms with Crippen molar-refractivity contribution in [1.29, 1.82) is 0 Å². The quantitative estimate of drug-likeness (QED) is 0.693. The fourth-order valence-electron chi connectivity index (χ4n) is 1.36. The van der Waals surface area contributed by atoms with Gasteiger partial charge in [-0.15, -0.1) is 0 Å². The van der Waals surface area contributed by atoms with E-state index < -0.39 is 0 Å². The molecule has 0 aromatic carbocycles. The van der Waals surface area contributed by atoms with Gasteiger partial charge in [-0.3, -0.25) is 9.78 Å². The summed E-state index contributed by atoms with van der Waals surface area (Å²) in [6, 6.07) is 3.97. The first-order chi connectivity index (χ1) is 8.18. The predicted molar refractivity (Wildman–Crippen MR) is 68.7 cm³/mol. The van der Waals surface area contributed by atoms with E-state index in [-0.39, 0.29) is 5.91 Å². The van der Waals surface area contributed by atoms with Crippen molar-refractivity contribution in [3.63, 3.8) is 0 Å². The molecule has 0 spiro atoms. The highest BCUT2D eigenvalue weighted by molar-refractivity contribution is 5.77. The highest BCUT2D eigenvalue weighted by atomic mass is 16.1. The van der Waals surface area contributed by atoms with Crippen LogP contribution in [0.3, 0.4) is 0 Å². The lowest BCUT2D eigenvalue weighted by atomic mass is 10.2.